The summed E-state index contributed by atoms with van der Waals surface area (Å²) in [5, 5.41) is 3.46. The number of rotatable bonds is 5. The maximum absolute atomic E-state index is 4.52. The molecule has 0 spiro atoms. The molecule has 2 heterocycles. The molecule has 0 aliphatic carbocycles. The van der Waals surface area contributed by atoms with Crippen LogP contribution >= 0.6 is 0 Å². The van der Waals surface area contributed by atoms with Crippen molar-refractivity contribution in [3.63, 3.8) is 0 Å². The number of nitrogens with one attached hydrogen (secondary N) is 1. The van der Waals surface area contributed by atoms with Crippen LogP contribution in [0.1, 0.15) is 46.1 Å². The molecule has 0 amide bonds. The molecular weight excluding hydrogens is 246 g/mol. The van der Waals surface area contributed by atoms with Gasteiger partial charge in [0.2, 0.25) is 0 Å². The summed E-state index contributed by atoms with van der Waals surface area (Å²) in [5.41, 5.74) is 1.46. The Kier molecular flexibility index (Phi) is 5.03. The van der Waals surface area contributed by atoms with Gasteiger partial charge in [0.05, 0.1) is 0 Å². The lowest BCUT2D eigenvalue weighted by Crippen LogP contribution is -2.29. The van der Waals surface area contributed by atoms with Gasteiger partial charge < -0.3 is 10.2 Å². The summed E-state index contributed by atoms with van der Waals surface area (Å²) < 4.78 is 0. The largest absolute Gasteiger partial charge is 0.370 e. The second-order valence-corrected chi connectivity index (χ2v) is 7.18. The summed E-state index contributed by atoms with van der Waals surface area (Å²) in [6.45, 7) is 13.7. The first kappa shape index (κ1) is 15.3. The summed E-state index contributed by atoms with van der Waals surface area (Å²) >= 11 is 0. The predicted octanol–water partition coefficient (Wildman–Crippen LogP) is 3.52. The van der Waals surface area contributed by atoms with E-state index in [4.69, 9.17) is 0 Å². The molecule has 1 aromatic rings. The third-order valence-corrected chi connectivity index (χ3v) is 4.03. The summed E-state index contributed by atoms with van der Waals surface area (Å²) in [4.78, 5) is 7.10. The molecule has 3 nitrogen and oxygen atoms in total. The number of aromatic nitrogens is 1. The van der Waals surface area contributed by atoms with Gasteiger partial charge in [-0.05, 0) is 48.9 Å². The highest BCUT2D eigenvalue weighted by molar-refractivity contribution is 5.37. The van der Waals surface area contributed by atoms with Gasteiger partial charge >= 0.3 is 0 Å². The van der Waals surface area contributed by atoms with E-state index in [9.17, 15) is 0 Å². The maximum atomic E-state index is 4.52. The fourth-order valence-corrected chi connectivity index (χ4v) is 2.69. The maximum Gasteiger partial charge on any atom is 0.125 e. The van der Waals surface area contributed by atoms with Gasteiger partial charge in [0.1, 0.15) is 5.82 Å². The number of hydrogen-bond acceptors (Lipinski definition) is 3. The van der Waals surface area contributed by atoms with Crippen LogP contribution < -0.4 is 5.32 Å². The summed E-state index contributed by atoms with van der Waals surface area (Å²) in [6, 6.07) is 4.28. The van der Waals surface area contributed by atoms with Gasteiger partial charge in [-0.2, -0.15) is 0 Å². The van der Waals surface area contributed by atoms with Crippen molar-refractivity contribution in [3.05, 3.63) is 23.9 Å². The molecule has 0 bridgehead atoms. The zero-order valence-electron chi connectivity index (χ0n) is 13.4. The minimum absolute atomic E-state index is 0.175. The first-order valence-electron chi connectivity index (χ1n) is 7.88. The van der Waals surface area contributed by atoms with Gasteiger partial charge in [0.15, 0.2) is 0 Å². The number of nitrogens with zero attached hydrogens (tertiary/aromatic N) is 2. The Labute approximate surface area is 123 Å². The molecule has 0 aromatic carbocycles. The second-order valence-electron chi connectivity index (χ2n) is 7.18. The summed E-state index contributed by atoms with van der Waals surface area (Å²) in [6.07, 6.45) is 4.74. The van der Waals surface area contributed by atoms with E-state index in [1.807, 2.05) is 6.20 Å². The SMILES string of the molecule is CC(CNc1ccc(C(C)(C)C)cn1)CN1CCCC1. The average molecular weight is 275 g/mol. The fraction of sp³-hybridized carbons (Fsp3) is 0.706. The lowest BCUT2D eigenvalue weighted by molar-refractivity contribution is 0.294. The third kappa shape index (κ3) is 4.48. The Morgan fingerprint density at radius 2 is 1.95 bits per heavy atom. The number of anilines is 1. The van der Waals surface area contributed by atoms with E-state index in [0.29, 0.717) is 5.92 Å². The molecule has 0 radical (unpaired) electrons. The smallest absolute Gasteiger partial charge is 0.125 e. The number of pyridine rings is 1. The molecule has 1 N–H and O–H groups in total. The van der Waals surface area contributed by atoms with E-state index < -0.39 is 0 Å². The van der Waals surface area contributed by atoms with Crippen molar-refractivity contribution in [2.75, 3.05) is 31.5 Å². The van der Waals surface area contributed by atoms with Crippen molar-refractivity contribution in [2.45, 2.75) is 46.0 Å². The van der Waals surface area contributed by atoms with Crippen molar-refractivity contribution >= 4 is 5.82 Å². The van der Waals surface area contributed by atoms with Gasteiger partial charge in [-0.3, -0.25) is 0 Å². The van der Waals surface area contributed by atoms with E-state index in [1.165, 1.54) is 38.0 Å². The molecule has 1 saturated heterocycles. The van der Waals surface area contributed by atoms with Crippen LogP contribution in [0.4, 0.5) is 5.82 Å². The van der Waals surface area contributed by atoms with Crippen LogP contribution in [0.5, 0.6) is 0 Å². The molecule has 1 aromatic heterocycles. The minimum atomic E-state index is 0.175. The van der Waals surface area contributed by atoms with Gasteiger partial charge in [0, 0.05) is 19.3 Å². The standard InChI is InChI=1S/C17H29N3/c1-14(13-20-9-5-6-10-20)11-18-16-8-7-15(12-19-16)17(2,3)4/h7-8,12,14H,5-6,9-11,13H2,1-4H3,(H,18,19). The van der Waals surface area contributed by atoms with E-state index in [-0.39, 0.29) is 5.41 Å². The molecule has 1 atom stereocenters. The van der Waals surface area contributed by atoms with Crippen molar-refractivity contribution in [2.24, 2.45) is 5.92 Å². The Bertz CT molecular complexity index is 399. The molecule has 1 unspecified atom stereocenters. The van der Waals surface area contributed by atoms with E-state index >= 15 is 0 Å². The molecule has 0 saturated carbocycles. The first-order valence-corrected chi connectivity index (χ1v) is 7.88. The van der Waals surface area contributed by atoms with Crippen molar-refractivity contribution in [1.82, 2.24) is 9.88 Å². The average Bonchev–Trinajstić information content (AvgIpc) is 2.88. The quantitative estimate of drug-likeness (QED) is 0.891. The molecular formula is C17H29N3. The van der Waals surface area contributed by atoms with Crippen LogP contribution in [0.2, 0.25) is 0 Å². The second kappa shape index (κ2) is 6.57. The Morgan fingerprint density at radius 3 is 2.50 bits per heavy atom. The predicted molar refractivity (Wildman–Crippen MR) is 86.3 cm³/mol. The van der Waals surface area contributed by atoms with Crippen LogP contribution in [0, 0.1) is 5.92 Å². The van der Waals surface area contributed by atoms with Gasteiger partial charge in [-0.25, -0.2) is 4.98 Å². The van der Waals surface area contributed by atoms with E-state index in [0.717, 1.165) is 12.4 Å². The van der Waals surface area contributed by atoms with Gasteiger partial charge in [-0.15, -0.1) is 0 Å². The molecule has 1 fully saturated rings. The zero-order valence-corrected chi connectivity index (χ0v) is 13.4. The van der Waals surface area contributed by atoms with E-state index in [1.54, 1.807) is 0 Å². The topological polar surface area (TPSA) is 28.2 Å². The highest BCUT2D eigenvalue weighted by atomic mass is 15.1. The highest BCUT2D eigenvalue weighted by Gasteiger charge is 2.15. The number of likely N-dealkylation sites (tertiary alicyclic amines) is 1. The number of hydrogen-bond donors (Lipinski definition) is 1. The molecule has 1 aliphatic heterocycles. The molecule has 112 valence electrons. The third-order valence-electron chi connectivity index (χ3n) is 4.03. The molecule has 3 heteroatoms. The summed E-state index contributed by atoms with van der Waals surface area (Å²) in [5.74, 6) is 1.66. The molecule has 2 rings (SSSR count). The van der Waals surface area contributed by atoms with Crippen LogP contribution in [0.25, 0.3) is 0 Å². The lowest BCUT2D eigenvalue weighted by Gasteiger charge is -2.21. The molecule has 20 heavy (non-hydrogen) atoms. The van der Waals surface area contributed by atoms with E-state index in [2.05, 4.69) is 55.0 Å². The Hall–Kier alpha value is -1.09. The van der Waals surface area contributed by atoms with Gasteiger partial charge in [0.25, 0.3) is 0 Å². The van der Waals surface area contributed by atoms with Gasteiger partial charge in [-0.1, -0.05) is 33.8 Å². The monoisotopic (exact) mass is 275 g/mol. The summed E-state index contributed by atoms with van der Waals surface area (Å²) in [7, 11) is 0. The van der Waals surface area contributed by atoms with Crippen molar-refractivity contribution in [1.29, 1.82) is 0 Å². The Balaban J connectivity index is 1.78. The lowest BCUT2D eigenvalue weighted by atomic mass is 9.88. The van der Waals surface area contributed by atoms with Crippen LogP contribution in [0.3, 0.4) is 0 Å². The van der Waals surface area contributed by atoms with Crippen LogP contribution in [-0.4, -0.2) is 36.1 Å². The molecule has 1 aliphatic rings. The fourth-order valence-electron chi connectivity index (χ4n) is 2.69. The normalized spacial score (nSPS) is 18.2. The Morgan fingerprint density at radius 1 is 1.25 bits per heavy atom. The first-order chi connectivity index (χ1) is 9.45. The zero-order chi connectivity index (χ0) is 14.6. The van der Waals surface area contributed by atoms with Crippen molar-refractivity contribution in [3.8, 4) is 0 Å². The van der Waals surface area contributed by atoms with Crippen LogP contribution in [0.15, 0.2) is 18.3 Å². The highest BCUT2D eigenvalue weighted by Crippen LogP contribution is 2.22. The minimum Gasteiger partial charge on any atom is -0.370 e. The van der Waals surface area contributed by atoms with Crippen LogP contribution in [-0.2, 0) is 5.41 Å². The van der Waals surface area contributed by atoms with Crippen molar-refractivity contribution < 1.29 is 0 Å².